The van der Waals surface area contributed by atoms with E-state index < -0.39 is 30.4 Å². The molecule has 1 aliphatic rings. The fraction of sp³-hybridized carbons (Fsp3) is 0.278. The highest BCUT2D eigenvalue weighted by molar-refractivity contribution is 14.1. The Balaban J connectivity index is 1.84. The van der Waals surface area contributed by atoms with E-state index in [1.807, 2.05) is 0 Å². The van der Waals surface area contributed by atoms with Gasteiger partial charge in [-0.25, -0.2) is 13.9 Å². The van der Waals surface area contributed by atoms with Gasteiger partial charge in [-0.15, -0.1) is 0 Å². The number of carbonyl (C=O) groups is 1. The second-order valence-electron chi connectivity index (χ2n) is 6.26. The molecule has 3 aromatic rings. The quantitative estimate of drug-likeness (QED) is 0.438. The number of aromatic nitrogens is 3. The molecule has 27 heavy (non-hydrogen) atoms. The minimum absolute atomic E-state index is 0.335. The van der Waals surface area contributed by atoms with Crippen LogP contribution in [0.2, 0.25) is 0 Å². The molecule has 0 radical (unpaired) electrons. The number of alkyl halides is 2. The summed E-state index contributed by atoms with van der Waals surface area (Å²) in [5.41, 5.74) is 7.95. The van der Waals surface area contributed by atoms with Gasteiger partial charge in [0, 0.05) is 15.6 Å². The summed E-state index contributed by atoms with van der Waals surface area (Å²) in [5.74, 6) is -0.565. The summed E-state index contributed by atoms with van der Waals surface area (Å²) in [6.07, 6.45) is -2.92. The summed E-state index contributed by atoms with van der Waals surface area (Å²) < 4.78 is 22.3. The average Bonchev–Trinajstić information content (AvgIpc) is 3.23. The molecule has 1 aliphatic heterocycles. The lowest BCUT2D eigenvalue weighted by Crippen LogP contribution is -2.28. The van der Waals surface area contributed by atoms with Crippen molar-refractivity contribution in [1.29, 1.82) is 0 Å². The van der Waals surface area contributed by atoms with E-state index in [-0.39, 0.29) is 0 Å². The maximum absolute atomic E-state index is 14.6. The summed E-state index contributed by atoms with van der Waals surface area (Å²) in [6.45, 7) is 0. The van der Waals surface area contributed by atoms with Crippen molar-refractivity contribution in [3.8, 4) is 11.3 Å². The Kier molecular flexibility index (Phi) is 4.82. The first-order chi connectivity index (χ1) is 13.0. The summed E-state index contributed by atoms with van der Waals surface area (Å²) in [6, 6.07) is 10.3. The molecule has 3 heterocycles. The Hall–Kier alpha value is -2.11. The Labute approximate surface area is 167 Å². The number of amides is 1. The number of benzene rings is 1. The zero-order valence-electron chi connectivity index (χ0n) is 14.0. The molecular weight excluding hydrogens is 466 g/mol. The number of rotatable bonds is 4. The third-order valence-electron chi connectivity index (χ3n) is 4.69. The van der Waals surface area contributed by atoms with E-state index in [0.29, 0.717) is 32.5 Å². The number of primary amides is 1. The van der Waals surface area contributed by atoms with E-state index >= 15 is 0 Å². The van der Waals surface area contributed by atoms with Crippen LogP contribution >= 0.6 is 22.6 Å². The number of nitrogens with two attached hydrogens (primary N) is 1. The van der Waals surface area contributed by atoms with Crippen molar-refractivity contribution in [3.63, 3.8) is 0 Å². The van der Waals surface area contributed by atoms with Gasteiger partial charge >= 0.3 is 0 Å². The lowest BCUT2D eigenvalue weighted by Gasteiger charge is -2.13. The minimum atomic E-state index is -1.56. The van der Waals surface area contributed by atoms with Crippen LogP contribution in [0.4, 0.5) is 4.39 Å². The summed E-state index contributed by atoms with van der Waals surface area (Å²) in [5, 5.41) is 14.2. The van der Waals surface area contributed by atoms with Crippen LogP contribution in [-0.2, 0) is 4.74 Å². The number of ether oxygens (including phenoxy) is 1. The standard InChI is InChI=1S/C18H16FIN4O3/c19-14-16(25)13(7-20)27-17(14)12-6-5-11-15(22-8-23-24(11)12)9-3-1-2-4-10(9)18(21)26/h1-6,8,13-14,16-17,25H,7H2,(H2,21,26)/t13-,14-,16-,17+/m1/s1. The molecule has 3 N–H and O–H groups in total. The van der Waals surface area contributed by atoms with Crippen LogP contribution in [0.25, 0.3) is 16.8 Å². The van der Waals surface area contributed by atoms with Gasteiger partial charge in [0.1, 0.15) is 18.5 Å². The molecule has 140 valence electrons. The molecule has 1 saturated heterocycles. The van der Waals surface area contributed by atoms with Gasteiger partial charge in [-0.2, -0.15) is 5.10 Å². The van der Waals surface area contributed by atoms with E-state index in [4.69, 9.17) is 10.5 Å². The first-order valence-corrected chi connectivity index (χ1v) is 9.81. The lowest BCUT2D eigenvalue weighted by molar-refractivity contribution is 0.0232. The average molecular weight is 482 g/mol. The summed E-state index contributed by atoms with van der Waals surface area (Å²) in [7, 11) is 0. The van der Waals surface area contributed by atoms with Crippen LogP contribution in [0.1, 0.15) is 22.2 Å². The molecule has 7 nitrogen and oxygen atoms in total. The monoisotopic (exact) mass is 482 g/mol. The van der Waals surface area contributed by atoms with Gasteiger partial charge in [0.15, 0.2) is 6.17 Å². The number of carbonyl (C=O) groups excluding carboxylic acids is 1. The Morgan fingerprint density at radius 3 is 2.81 bits per heavy atom. The maximum atomic E-state index is 14.6. The van der Waals surface area contributed by atoms with E-state index in [1.54, 1.807) is 36.4 Å². The van der Waals surface area contributed by atoms with Crippen LogP contribution < -0.4 is 5.73 Å². The van der Waals surface area contributed by atoms with Gasteiger partial charge in [-0.3, -0.25) is 4.79 Å². The highest BCUT2D eigenvalue weighted by atomic mass is 127. The van der Waals surface area contributed by atoms with Gasteiger partial charge in [-0.1, -0.05) is 40.8 Å². The molecule has 0 bridgehead atoms. The van der Waals surface area contributed by atoms with Gasteiger partial charge in [0.05, 0.1) is 23.0 Å². The summed E-state index contributed by atoms with van der Waals surface area (Å²) in [4.78, 5) is 16.1. The molecule has 0 unspecified atom stereocenters. The molecule has 1 aromatic carbocycles. The van der Waals surface area contributed by atoms with Crippen molar-refractivity contribution in [2.24, 2.45) is 5.73 Å². The Bertz CT molecular complexity index is 1010. The van der Waals surface area contributed by atoms with Crippen LogP contribution in [0.3, 0.4) is 0 Å². The Morgan fingerprint density at radius 2 is 2.11 bits per heavy atom. The number of hydrogen-bond donors (Lipinski definition) is 2. The third-order valence-corrected chi connectivity index (χ3v) is 5.56. The molecule has 1 fully saturated rings. The molecule has 4 atom stereocenters. The fourth-order valence-corrected chi connectivity index (χ4v) is 4.10. The van der Waals surface area contributed by atoms with Gasteiger partial charge in [0.2, 0.25) is 5.91 Å². The number of halogens is 2. The predicted octanol–water partition coefficient (Wildman–Crippen LogP) is 2.07. The Morgan fingerprint density at radius 1 is 1.33 bits per heavy atom. The molecule has 0 spiro atoms. The van der Waals surface area contributed by atoms with Crippen LogP contribution in [0.15, 0.2) is 42.7 Å². The van der Waals surface area contributed by atoms with E-state index in [9.17, 15) is 14.3 Å². The fourth-order valence-electron chi connectivity index (χ4n) is 3.37. The number of aliphatic hydroxyl groups excluding tert-OH is 1. The molecule has 9 heteroatoms. The van der Waals surface area contributed by atoms with E-state index in [2.05, 4.69) is 32.7 Å². The highest BCUT2D eigenvalue weighted by Gasteiger charge is 2.45. The van der Waals surface area contributed by atoms with Crippen molar-refractivity contribution in [3.05, 3.63) is 54.0 Å². The van der Waals surface area contributed by atoms with Crippen LogP contribution in [-0.4, -0.2) is 48.4 Å². The first kappa shape index (κ1) is 18.3. The normalized spacial score (nSPS) is 25.1. The van der Waals surface area contributed by atoms with Gasteiger partial charge in [0.25, 0.3) is 0 Å². The first-order valence-electron chi connectivity index (χ1n) is 8.28. The zero-order chi connectivity index (χ0) is 19.1. The van der Waals surface area contributed by atoms with E-state index in [0.717, 1.165) is 0 Å². The SMILES string of the molecule is NC(=O)c1ccccc1-c1ncnn2c([C@@H]3O[C@H](CI)[C@@H](O)[C@H]3F)ccc12. The van der Waals surface area contributed by atoms with Gasteiger partial charge < -0.3 is 15.6 Å². The number of hydrogen-bond acceptors (Lipinski definition) is 5. The third kappa shape index (κ3) is 2.99. The number of fused-ring (bicyclic) bond motifs is 1. The summed E-state index contributed by atoms with van der Waals surface area (Å²) >= 11 is 2.06. The lowest BCUT2D eigenvalue weighted by atomic mass is 10.0. The molecule has 2 aromatic heterocycles. The molecule has 0 saturated carbocycles. The zero-order valence-corrected chi connectivity index (χ0v) is 16.2. The second kappa shape index (κ2) is 7.13. The molecule has 0 aliphatic carbocycles. The number of aliphatic hydroxyl groups is 1. The van der Waals surface area contributed by atoms with Crippen molar-refractivity contribution in [2.45, 2.75) is 24.5 Å². The van der Waals surface area contributed by atoms with Crippen molar-refractivity contribution < 1.29 is 19.0 Å². The van der Waals surface area contributed by atoms with E-state index in [1.165, 1.54) is 10.8 Å². The molecule has 4 rings (SSSR count). The number of nitrogens with zero attached hydrogens (tertiary/aromatic N) is 3. The van der Waals surface area contributed by atoms with Crippen LogP contribution in [0.5, 0.6) is 0 Å². The largest absolute Gasteiger partial charge is 0.387 e. The van der Waals surface area contributed by atoms with Gasteiger partial charge in [-0.05, 0) is 18.2 Å². The predicted molar refractivity (Wildman–Crippen MR) is 104 cm³/mol. The topological polar surface area (TPSA) is 103 Å². The second-order valence-corrected chi connectivity index (χ2v) is 7.14. The minimum Gasteiger partial charge on any atom is -0.387 e. The molecule has 1 amide bonds. The van der Waals surface area contributed by atoms with Crippen molar-refractivity contribution in [1.82, 2.24) is 14.6 Å². The maximum Gasteiger partial charge on any atom is 0.249 e. The highest BCUT2D eigenvalue weighted by Crippen LogP contribution is 2.38. The van der Waals surface area contributed by atoms with Crippen molar-refractivity contribution >= 4 is 34.0 Å². The smallest absolute Gasteiger partial charge is 0.249 e. The molecular formula is C18H16FIN4O3. The van der Waals surface area contributed by atoms with Crippen LogP contribution in [0, 0.1) is 0 Å². The van der Waals surface area contributed by atoms with Crippen molar-refractivity contribution in [2.75, 3.05) is 4.43 Å².